The minimum Gasteiger partial charge on any atom is -0.490 e. The molecular weight excluding hydrogens is 378 g/mol. The molecule has 6 nitrogen and oxygen atoms in total. The molecule has 3 aromatic rings. The fraction of sp³-hybridized carbons (Fsp3) is 0.333. The molecular formula is C21H20F2N4O2. The van der Waals surface area contributed by atoms with Crippen LogP contribution in [0.3, 0.4) is 0 Å². The van der Waals surface area contributed by atoms with Crippen molar-refractivity contribution in [3.63, 3.8) is 0 Å². The van der Waals surface area contributed by atoms with Gasteiger partial charge < -0.3 is 9.47 Å². The highest BCUT2D eigenvalue weighted by Gasteiger charge is 2.40. The summed E-state index contributed by atoms with van der Waals surface area (Å²) >= 11 is 0. The van der Waals surface area contributed by atoms with Gasteiger partial charge >= 0.3 is 0 Å². The Hall–Kier alpha value is -3.00. The van der Waals surface area contributed by atoms with Gasteiger partial charge in [0.2, 0.25) is 5.82 Å². The summed E-state index contributed by atoms with van der Waals surface area (Å²) in [6.07, 6.45) is 8.17. The van der Waals surface area contributed by atoms with Gasteiger partial charge in [-0.3, -0.25) is 0 Å². The van der Waals surface area contributed by atoms with Crippen LogP contribution >= 0.6 is 0 Å². The maximum Gasteiger partial charge on any atom is 0.200 e. The number of halogens is 2. The van der Waals surface area contributed by atoms with E-state index in [0.29, 0.717) is 30.2 Å². The molecule has 0 spiro atoms. The first-order valence-electron chi connectivity index (χ1n) is 9.37. The monoisotopic (exact) mass is 398 g/mol. The third-order valence-corrected chi connectivity index (χ3v) is 4.85. The summed E-state index contributed by atoms with van der Waals surface area (Å²) in [7, 11) is 1.58. The molecule has 0 unspecified atom stereocenters. The summed E-state index contributed by atoms with van der Waals surface area (Å²) in [6, 6.07) is 4.56. The van der Waals surface area contributed by atoms with Gasteiger partial charge in [-0.05, 0) is 47.6 Å². The van der Waals surface area contributed by atoms with Crippen LogP contribution in [0.25, 0.3) is 11.6 Å². The molecule has 2 heterocycles. The Morgan fingerprint density at radius 2 is 1.62 bits per heavy atom. The molecule has 4 rings (SSSR count). The Morgan fingerprint density at radius 3 is 2.34 bits per heavy atom. The topological polar surface area (TPSA) is 70.0 Å². The highest BCUT2D eigenvalue weighted by Crippen LogP contribution is 2.55. The number of benzene rings is 1. The van der Waals surface area contributed by atoms with E-state index >= 15 is 0 Å². The lowest BCUT2D eigenvalue weighted by atomic mass is 10.1. The van der Waals surface area contributed by atoms with Crippen LogP contribution in [0.5, 0.6) is 5.75 Å². The van der Waals surface area contributed by atoms with E-state index < -0.39 is 11.6 Å². The normalized spacial score (nSPS) is 17.9. The van der Waals surface area contributed by atoms with Crippen molar-refractivity contribution in [3.05, 3.63) is 65.7 Å². The molecule has 1 aromatic carbocycles. The van der Waals surface area contributed by atoms with Crippen molar-refractivity contribution < 1.29 is 18.3 Å². The fourth-order valence-electron chi connectivity index (χ4n) is 3.28. The molecule has 1 aliphatic rings. The van der Waals surface area contributed by atoms with E-state index in [4.69, 9.17) is 9.47 Å². The van der Waals surface area contributed by atoms with E-state index in [-0.39, 0.29) is 24.2 Å². The minimum atomic E-state index is -0.959. The third-order valence-electron chi connectivity index (χ3n) is 4.85. The van der Waals surface area contributed by atoms with Gasteiger partial charge in [-0.2, -0.15) is 4.39 Å². The van der Waals surface area contributed by atoms with Crippen LogP contribution in [0.2, 0.25) is 0 Å². The van der Waals surface area contributed by atoms with Crippen molar-refractivity contribution in [2.75, 3.05) is 20.3 Å². The molecule has 0 aliphatic heterocycles. The number of ether oxygens (including phenoxy) is 2. The Bertz CT molecular complexity index is 970. The molecule has 150 valence electrons. The van der Waals surface area contributed by atoms with E-state index in [9.17, 15) is 8.78 Å². The SMILES string of the molecule is COCCCOc1cc([C@@H]2C[C@H]2c2cnc(-c3ncccn3)nc2)cc(F)c1F. The summed E-state index contributed by atoms with van der Waals surface area (Å²) in [6.45, 7) is 0.761. The van der Waals surface area contributed by atoms with Gasteiger partial charge in [0.25, 0.3) is 0 Å². The summed E-state index contributed by atoms with van der Waals surface area (Å²) in [5, 5.41) is 0. The summed E-state index contributed by atoms with van der Waals surface area (Å²) in [4.78, 5) is 16.9. The van der Waals surface area contributed by atoms with Gasteiger partial charge in [-0.15, -0.1) is 0 Å². The molecule has 29 heavy (non-hydrogen) atoms. The second-order valence-electron chi connectivity index (χ2n) is 6.87. The fourth-order valence-corrected chi connectivity index (χ4v) is 3.28. The van der Waals surface area contributed by atoms with Gasteiger partial charge in [0, 0.05) is 44.9 Å². The number of rotatable bonds is 8. The van der Waals surface area contributed by atoms with E-state index in [0.717, 1.165) is 12.0 Å². The molecule has 8 heteroatoms. The van der Waals surface area contributed by atoms with Crippen LogP contribution in [0, 0.1) is 11.6 Å². The first kappa shape index (κ1) is 19.3. The van der Waals surface area contributed by atoms with E-state index in [2.05, 4.69) is 19.9 Å². The average Bonchev–Trinajstić information content (AvgIpc) is 3.56. The van der Waals surface area contributed by atoms with Crippen molar-refractivity contribution in [1.82, 2.24) is 19.9 Å². The molecule has 2 aromatic heterocycles. The maximum absolute atomic E-state index is 14.1. The van der Waals surface area contributed by atoms with Crippen LogP contribution in [-0.4, -0.2) is 40.3 Å². The predicted octanol–water partition coefficient (Wildman–Crippen LogP) is 3.90. The van der Waals surface area contributed by atoms with Crippen molar-refractivity contribution in [2.24, 2.45) is 0 Å². The molecule has 2 atom stereocenters. The van der Waals surface area contributed by atoms with Gasteiger partial charge in [0.1, 0.15) is 0 Å². The zero-order valence-corrected chi connectivity index (χ0v) is 15.9. The molecule has 0 saturated heterocycles. The second-order valence-corrected chi connectivity index (χ2v) is 6.87. The summed E-state index contributed by atoms with van der Waals surface area (Å²) in [5.74, 6) is -0.773. The number of methoxy groups -OCH3 is 1. The zero-order chi connectivity index (χ0) is 20.2. The summed E-state index contributed by atoms with van der Waals surface area (Å²) in [5.41, 5.74) is 1.66. The quantitative estimate of drug-likeness (QED) is 0.536. The van der Waals surface area contributed by atoms with Gasteiger partial charge in [-0.1, -0.05) is 0 Å². The lowest BCUT2D eigenvalue weighted by Crippen LogP contribution is -2.04. The van der Waals surface area contributed by atoms with Crippen LogP contribution in [0.15, 0.2) is 43.0 Å². The van der Waals surface area contributed by atoms with E-state index in [1.807, 2.05) is 0 Å². The maximum atomic E-state index is 14.1. The Balaban J connectivity index is 1.46. The molecule has 1 saturated carbocycles. The second kappa shape index (κ2) is 8.57. The molecule has 0 amide bonds. The summed E-state index contributed by atoms with van der Waals surface area (Å²) < 4.78 is 38.4. The van der Waals surface area contributed by atoms with Crippen molar-refractivity contribution in [1.29, 1.82) is 0 Å². The van der Waals surface area contributed by atoms with Crippen LogP contribution in [-0.2, 0) is 4.74 Å². The number of hydrogen-bond acceptors (Lipinski definition) is 6. The molecule has 1 aliphatic carbocycles. The largest absolute Gasteiger partial charge is 0.490 e. The third kappa shape index (κ3) is 4.37. The van der Waals surface area contributed by atoms with Crippen molar-refractivity contribution in [2.45, 2.75) is 24.7 Å². The first-order chi connectivity index (χ1) is 14.2. The predicted molar refractivity (Wildman–Crippen MR) is 102 cm³/mol. The van der Waals surface area contributed by atoms with Crippen LogP contribution < -0.4 is 4.74 Å². The van der Waals surface area contributed by atoms with E-state index in [1.165, 1.54) is 6.07 Å². The van der Waals surface area contributed by atoms with Crippen LogP contribution in [0.4, 0.5) is 8.78 Å². The Morgan fingerprint density at radius 1 is 0.931 bits per heavy atom. The standard InChI is InChI=1S/C21H20F2N4O2/c1-28-6-3-7-29-18-9-13(8-17(22)19(18)23)15-10-16(15)14-11-26-21(27-12-14)20-24-4-2-5-25-20/h2,4-5,8-9,11-12,15-16H,3,6-7,10H2,1H3/t15-,16-/m0/s1. The van der Waals surface area contributed by atoms with Gasteiger partial charge in [0.15, 0.2) is 23.2 Å². The van der Waals surface area contributed by atoms with Gasteiger partial charge in [-0.25, -0.2) is 24.3 Å². The van der Waals surface area contributed by atoms with Gasteiger partial charge in [0.05, 0.1) is 6.61 Å². The smallest absolute Gasteiger partial charge is 0.200 e. The molecule has 1 fully saturated rings. The number of aromatic nitrogens is 4. The van der Waals surface area contributed by atoms with Crippen molar-refractivity contribution in [3.8, 4) is 17.4 Å². The zero-order valence-electron chi connectivity index (χ0n) is 15.9. The lowest BCUT2D eigenvalue weighted by molar-refractivity contribution is 0.170. The van der Waals surface area contributed by atoms with Crippen LogP contribution in [0.1, 0.15) is 35.8 Å². The molecule has 0 N–H and O–H groups in total. The minimum absolute atomic E-state index is 0.0606. The highest BCUT2D eigenvalue weighted by atomic mass is 19.2. The molecule has 0 bridgehead atoms. The Labute approximate surface area is 167 Å². The number of nitrogens with zero attached hydrogens (tertiary/aromatic N) is 4. The van der Waals surface area contributed by atoms with E-state index in [1.54, 1.807) is 44.0 Å². The first-order valence-corrected chi connectivity index (χ1v) is 9.37. The number of hydrogen-bond donors (Lipinski definition) is 0. The van der Waals surface area contributed by atoms with Crippen molar-refractivity contribution >= 4 is 0 Å². The lowest BCUT2D eigenvalue weighted by Gasteiger charge is -2.10. The Kier molecular flexibility index (Phi) is 5.71. The average molecular weight is 398 g/mol. The highest BCUT2D eigenvalue weighted by molar-refractivity contribution is 5.44. The molecule has 0 radical (unpaired) electrons.